The molecule has 3 rings (SSSR count). The molecule has 0 bridgehead atoms. The van der Waals surface area contributed by atoms with Crippen LogP contribution in [-0.4, -0.2) is 32.6 Å². The molecule has 2 heterocycles. The predicted octanol–water partition coefficient (Wildman–Crippen LogP) is 2.84. The average Bonchev–Trinajstić information content (AvgIpc) is 3.15. The number of nitrogens with one attached hydrogen (secondary N) is 2. The lowest BCUT2D eigenvalue weighted by atomic mass is 10.2. The molecule has 1 aromatic carbocycles. The van der Waals surface area contributed by atoms with E-state index in [4.69, 9.17) is 0 Å². The number of hydrogen-bond acceptors (Lipinski definition) is 5. The lowest BCUT2D eigenvalue weighted by Gasteiger charge is -2.06. The molecular weight excluding hydrogens is 324 g/mol. The fourth-order valence-electron chi connectivity index (χ4n) is 2.29. The Morgan fingerprint density at radius 3 is 2.71 bits per heavy atom. The Kier molecular flexibility index (Phi) is 4.85. The van der Waals surface area contributed by atoms with E-state index in [1.165, 1.54) is 11.3 Å². The van der Waals surface area contributed by atoms with Gasteiger partial charge in [-0.15, -0.1) is 10.2 Å². The molecule has 2 amide bonds. The van der Waals surface area contributed by atoms with Gasteiger partial charge in [-0.1, -0.05) is 41.7 Å². The number of urea groups is 1. The Bertz CT molecular complexity index is 826. The zero-order valence-electron chi connectivity index (χ0n) is 13.5. The summed E-state index contributed by atoms with van der Waals surface area (Å²) in [7, 11) is 0. The van der Waals surface area contributed by atoms with Crippen LogP contribution in [0, 0.1) is 13.8 Å². The van der Waals surface area contributed by atoms with Gasteiger partial charge in [0.25, 0.3) is 0 Å². The van der Waals surface area contributed by atoms with Crippen molar-refractivity contribution in [3.05, 3.63) is 47.8 Å². The minimum atomic E-state index is -0.299. The van der Waals surface area contributed by atoms with Crippen molar-refractivity contribution in [2.45, 2.75) is 20.4 Å². The van der Waals surface area contributed by atoms with Crippen LogP contribution >= 0.6 is 11.3 Å². The first-order chi connectivity index (χ1) is 11.6. The number of rotatable bonds is 5. The predicted molar refractivity (Wildman–Crippen MR) is 94.1 cm³/mol. The Labute approximate surface area is 143 Å². The van der Waals surface area contributed by atoms with E-state index in [1.807, 2.05) is 54.9 Å². The highest BCUT2D eigenvalue weighted by atomic mass is 32.1. The van der Waals surface area contributed by atoms with E-state index in [2.05, 4.69) is 25.9 Å². The van der Waals surface area contributed by atoms with E-state index in [0.29, 0.717) is 18.2 Å². The molecule has 0 spiro atoms. The fourth-order valence-corrected chi connectivity index (χ4v) is 3.03. The number of aromatic nitrogens is 4. The van der Waals surface area contributed by atoms with Crippen LogP contribution in [0.15, 0.2) is 36.4 Å². The van der Waals surface area contributed by atoms with Gasteiger partial charge in [0.15, 0.2) is 0 Å². The third-order valence-electron chi connectivity index (χ3n) is 3.38. The molecule has 0 aliphatic heterocycles. The summed E-state index contributed by atoms with van der Waals surface area (Å²) in [6.45, 7) is 5.05. The summed E-state index contributed by atoms with van der Waals surface area (Å²) < 4.78 is 1.87. The summed E-state index contributed by atoms with van der Waals surface area (Å²) >= 11 is 1.34. The maximum absolute atomic E-state index is 11.9. The van der Waals surface area contributed by atoms with Crippen LogP contribution in [0.4, 0.5) is 9.93 Å². The topological polar surface area (TPSA) is 84.7 Å². The molecule has 0 radical (unpaired) electrons. The normalized spacial score (nSPS) is 10.6. The van der Waals surface area contributed by atoms with Gasteiger partial charge in [0.2, 0.25) is 5.13 Å². The van der Waals surface area contributed by atoms with Gasteiger partial charge >= 0.3 is 6.03 Å². The second-order valence-corrected chi connectivity index (χ2v) is 6.29. The zero-order chi connectivity index (χ0) is 16.9. The SMILES string of the molecule is Cc1cc(C)n(CCNC(=O)Nc2nnc(-c3ccccc3)s2)n1. The summed E-state index contributed by atoms with van der Waals surface area (Å²) in [6.07, 6.45) is 0. The summed E-state index contributed by atoms with van der Waals surface area (Å²) in [5.74, 6) is 0. The van der Waals surface area contributed by atoms with Gasteiger partial charge in [0.1, 0.15) is 5.01 Å². The second kappa shape index (κ2) is 7.22. The van der Waals surface area contributed by atoms with Crippen molar-refractivity contribution in [3.63, 3.8) is 0 Å². The molecular formula is C16H18N6OS. The minimum absolute atomic E-state index is 0.299. The van der Waals surface area contributed by atoms with Gasteiger partial charge in [0, 0.05) is 17.8 Å². The van der Waals surface area contributed by atoms with Gasteiger partial charge in [-0.3, -0.25) is 10.00 Å². The van der Waals surface area contributed by atoms with Crippen LogP contribution in [0.25, 0.3) is 10.6 Å². The third kappa shape index (κ3) is 3.96. The Morgan fingerprint density at radius 1 is 1.21 bits per heavy atom. The number of carbonyl (C=O) groups excluding carboxylic acids is 1. The van der Waals surface area contributed by atoms with Crippen LogP contribution < -0.4 is 10.6 Å². The second-order valence-electron chi connectivity index (χ2n) is 5.31. The molecule has 0 fully saturated rings. The molecule has 7 nitrogen and oxygen atoms in total. The summed E-state index contributed by atoms with van der Waals surface area (Å²) in [5, 5.41) is 19.2. The fraction of sp³-hybridized carbons (Fsp3) is 0.250. The lowest BCUT2D eigenvalue weighted by Crippen LogP contribution is -2.31. The van der Waals surface area contributed by atoms with Crippen molar-refractivity contribution < 1.29 is 4.79 Å². The molecule has 3 aromatic rings. The molecule has 0 saturated carbocycles. The molecule has 24 heavy (non-hydrogen) atoms. The zero-order valence-corrected chi connectivity index (χ0v) is 14.3. The Morgan fingerprint density at radius 2 is 2.00 bits per heavy atom. The lowest BCUT2D eigenvalue weighted by molar-refractivity contribution is 0.251. The maximum Gasteiger partial charge on any atom is 0.321 e. The van der Waals surface area contributed by atoms with Crippen LogP contribution in [-0.2, 0) is 6.54 Å². The van der Waals surface area contributed by atoms with Crippen molar-refractivity contribution in [3.8, 4) is 10.6 Å². The van der Waals surface area contributed by atoms with Crippen LogP contribution in [0.2, 0.25) is 0 Å². The first kappa shape index (κ1) is 16.1. The first-order valence-electron chi connectivity index (χ1n) is 7.56. The van der Waals surface area contributed by atoms with Crippen LogP contribution in [0.1, 0.15) is 11.4 Å². The molecule has 2 N–H and O–H groups in total. The van der Waals surface area contributed by atoms with E-state index in [0.717, 1.165) is 22.0 Å². The highest BCUT2D eigenvalue weighted by molar-refractivity contribution is 7.18. The summed E-state index contributed by atoms with van der Waals surface area (Å²) in [5.41, 5.74) is 3.03. The van der Waals surface area contributed by atoms with Crippen molar-refractivity contribution in [1.82, 2.24) is 25.3 Å². The van der Waals surface area contributed by atoms with E-state index in [9.17, 15) is 4.79 Å². The quantitative estimate of drug-likeness (QED) is 0.747. The van der Waals surface area contributed by atoms with E-state index < -0.39 is 0 Å². The molecule has 0 unspecified atom stereocenters. The Balaban J connectivity index is 1.50. The average molecular weight is 342 g/mol. The van der Waals surface area contributed by atoms with Crippen molar-refractivity contribution in [2.75, 3.05) is 11.9 Å². The van der Waals surface area contributed by atoms with Crippen LogP contribution in [0.5, 0.6) is 0 Å². The van der Waals surface area contributed by atoms with Crippen LogP contribution in [0.3, 0.4) is 0 Å². The Hall–Kier alpha value is -2.74. The van der Waals surface area contributed by atoms with Gasteiger partial charge in [-0.05, 0) is 19.9 Å². The molecule has 124 valence electrons. The molecule has 2 aromatic heterocycles. The number of amides is 2. The van der Waals surface area contributed by atoms with E-state index >= 15 is 0 Å². The largest absolute Gasteiger partial charge is 0.336 e. The highest BCUT2D eigenvalue weighted by Crippen LogP contribution is 2.25. The number of anilines is 1. The highest BCUT2D eigenvalue weighted by Gasteiger charge is 2.09. The van der Waals surface area contributed by atoms with E-state index in [1.54, 1.807) is 0 Å². The summed E-state index contributed by atoms with van der Waals surface area (Å²) in [6, 6.07) is 11.4. The van der Waals surface area contributed by atoms with Gasteiger partial charge < -0.3 is 5.32 Å². The number of hydrogen-bond donors (Lipinski definition) is 2. The first-order valence-corrected chi connectivity index (χ1v) is 8.38. The minimum Gasteiger partial charge on any atom is -0.336 e. The van der Waals surface area contributed by atoms with Gasteiger partial charge in [-0.2, -0.15) is 5.10 Å². The van der Waals surface area contributed by atoms with Crippen molar-refractivity contribution in [2.24, 2.45) is 0 Å². The van der Waals surface area contributed by atoms with Crippen molar-refractivity contribution in [1.29, 1.82) is 0 Å². The number of benzene rings is 1. The maximum atomic E-state index is 11.9. The van der Waals surface area contributed by atoms with Crippen molar-refractivity contribution >= 4 is 22.5 Å². The number of nitrogens with zero attached hydrogens (tertiary/aromatic N) is 4. The third-order valence-corrected chi connectivity index (χ3v) is 4.27. The summed E-state index contributed by atoms with van der Waals surface area (Å²) in [4.78, 5) is 11.9. The van der Waals surface area contributed by atoms with E-state index in [-0.39, 0.29) is 6.03 Å². The molecule has 0 aliphatic carbocycles. The molecule has 8 heteroatoms. The molecule has 0 aliphatic rings. The van der Waals surface area contributed by atoms with Gasteiger partial charge in [-0.25, -0.2) is 4.79 Å². The monoisotopic (exact) mass is 342 g/mol. The van der Waals surface area contributed by atoms with Gasteiger partial charge in [0.05, 0.1) is 12.2 Å². The standard InChI is InChI=1S/C16H18N6OS/c1-11-10-12(2)22(21-11)9-8-17-15(23)18-16-20-19-14(24-16)13-6-4-3-5-7-13/h3-7,10H,8-9H2,1-2H3,(H2,17,18,20,23). The number of carbonyl (C=O) groups is 1. The number of aryl methyl sites for hydroxylation is 2. The smallest absolute Gasteiger partial charge is 0.321 e. The molecule has 0 saturated heterocycles. The molecule has 0 atom stereocenters.